The van der Waals surface area contributed by atoms with Gasteiger partial charge in [-0.3, -0.25) is 0 Å². The molecule has 102 valence electrons. The van der Waals surface area contributed by atoms with E-state index in [0.717, 1.165) is 17.0 Å². The molecular weight excluding hydrogens is 248 g/mol. The number of hydrogen-bond acceptors (Lipinski definition) is 6. The fraction of sp³-hybridized carbons (Fsp3) is 0.462. The molecule has 2 aromatic heterocycles. The van der Waals surface area contributed by atoms with Gasteiger partial charge in [-0.05, 0) is 27.7 Å². The predicted octanol–water partition coefficient (Wildman–Crippen LogP) is 2.36. The second-order valence-electron chi connectivity index (χ2n) is 4.27. The minimum absolute atomic E-state index is 0.222. The third kappa shape index (κ3) is 2.52. The molecule has 2 aromatic rings. The molecule has 0 aliphatic heterocycles. The molecular formula is C13H16N2O4. The summed E-state index contributed by atoms with van der Waals surface area (Å²) < 4.78 is 15.2. The van der Waals surface area contributed by atoms with Crippen molar-refractivity contribution in [3.05, 3.63) is 34.0 Å². The number of aryl methyl sites for hydroxylation is 3. The monoisotopic (exact) mass is 264 g/mol. The minimum Gasteiger partial charge on any atom is -0.461 e. The standard InChI is InChI=1S/C13H16N2O4/c1-5-17-13(16)12-11(9(4)19-15-12)6-10-7(2)14-18-8(10)3/h5-6H2,1-4H3. The highest BCUT2D eigenvalue weighted by molar-refractivity contribution is 5.89. The first-order valence-corrected chi connectivity index (χ1v) is 6.08. The number of ether oxygens (including phenoxy) is 1. The minimum atomic E-state index is -0.471. The second kappa shape index (κ2) is 5.26. The van der Waals surface area contributed by atoms with E-state index in [9.17, 15) is 4.79 Å². The smallest absolute Gasteiger partial charge is 0.360 e. The van der Waals surface area contributed by atoms with Gasteiger partial charge in [-0.1, -0.05) is 10.3 Å². The average molecular weight is 264 g/mol. The Bertz CT molecular complexity index is 578. The molecule has 2 rings (SSSR count). The van der Waals surface area contributed by atoms with Crippen molar-refractivity contribution in [2.24, 2.45) is 0 Å². The van der Waals surface area contributed by atoms with E-state index in [0.29, 0.717) is 24.4 Å². The van der Waals surface area contributed by atoms with E-state index in [2.05, 4.69) is 10.3 Å². The molecule has 0 unspecified atom stereocenters. The summed E-state index contributed by atoms with van der Waals surface area (Å²) in [6.45, 7) is 7.51. The number of carbonyl (C=O) groups is 1. The lowest BCUT2D eigenvalue weighted by Crippen LogP contribution is -2.09. The molecule has 0 saturated heterocycles. The van der Waals surface area contributed by atoms with E-state index in [1.807, 2.05) is 13.8 Å². The summed E-state index contributed by atoms with van der Waals surface area (Å²) >= 11 is 0. The van der Waals surface area contributed by atoms with Crippen LogP contribution in [0.5, 0.6) is 0 Å². The molecule has 6 heteroatoms. The SMILES string of the molecule is CCOC(=O)c1noc(C)c1Cc1c(C)noc1C. The Morgan fingerprint density at radius 2 is 1.74 bits per heavy atom. The highest BCUT2D eigenvalue weighted by Crippen LogP contribution is 2.22. The van der Waals surface area contributed by atoms with Gasteiger partial charge in [0.15, 0.2) is 5.69 Å². The number of rotatable bonds is 4. The highest BCUT2D eigenvalue weighted by Gasteiger charge is 2.23. The lowest BCUT2D eigenvalue weighted by atomic mass is 10.0. The molecule has 0 aromatic carbocycles. The number of nitrogens with zero attached hydrogens (tertiary/aromatic N) is 2. The topological polar surface area (TPSA) is 78.4 Å². The second-order valence-corrected chi connectivity index (χ2v) is 4.27. The van der Waals surface area contributed by atoms with E-state index in [1.54, 1.807) is 13.8 Å². The molecule has 0 aliphatic rings. The zero-order valence-electron chi connectivity index (χ0n) is 11.4. The largest absolute Gasteiger partial charge is 0.461 e. The number of hydrogen-bond donors (Lipinski definition) is 0. The Hall–Kier alpha value is -2.11. The van der Waals surface area contributed by atoms with Crippen LogP contribution in [0.2, 0.25) is 0 Å². The number of aromatic nitrogens is 2. The third-order valence-corrected chi connectivity index (χ3v) is 2.99. The highest BCUT2D eigenvalue weighted by atomic mass is 16.5. The fourth-order valence-electron chi connectivity index (χ4n) is 1.89. The van der Waals surface area contributed by atoms with Crippen molar-refractivity contribution in [2.75, 3.05) is 6.61 Å². The first-order valence-electron chi connectivity index (χ1n) is 6.08. The first kappa shape index (κ1) is 13.3. The van der Waals surface area contributed by atoms with Crippen LogP contribution in [0.3, 0.4) is 0 Å². The summed E-state index contributed by atoms with van der Waals surface area (Å²) in [6, 6.07) is 0. The Morgan fingerprint density at radius 1 is 1.11 bits per heavy atom. The van der Waals surface area contributed by atoms with Gasteiger partial charge in [0.25, 0.3) is 0 Å². The zero-order chi connectivity index (χ0) is 14.0. The van der Waals surface area contributed by atoms with Crippen molar-refractivity contribution in [3.8, 4) is 0 Å². The maximum Gasteiger partial charge on any atom is 0.360 e. The van der Waals surface area contributed by atoms with Crippen LogP contribution in [0.4, 0.5) is 0 Å². The molecule has 0 spiro atoms. The zero-order valence-corrected chi connectivity index (χ0v) is 11.4. The van der Waals surface area contributed by atoms with Crippen molar-refractivity contribution in [1.82, 2.24) is 10.3 Å². The predicted molar refractivity (Wildman–Crippen MR) is 66.0 cm³/mol. The summed E-state index contributed by atoms with van der Waals surface area (Å²) in [5.41, 5.74) is 2.68. The van der Waals surface area contributed by atoms with E-state index in [4.69, 9.17) is 13.8 Å². The van der Waals surface area contributed by atoms with Crippen LogP contribution in [-0.2, 0) is 11.2 Å². The normalized spacial score (nSPS) is 10.7. The van der Waals surface area contributed by atoms with E-state index in [-0.39, 0.29) is 5.69 Å². The van der Waals surface area contributed by atoms with Crippen LogP contribution in [0.15, 0.2) is 9.05 Å². The molecule has 0 aliphatic carbocycles. The molecule has 6 nitrogen and oxygen atoms in total. The van der Waals surface area contributed by atoms with Gasteiger partial charge in [-0.15, -0.1) is 0 Å². The summed E-state index contributed by atoms with van der Waals surface area (Å²) in [5, 5.41) is 7.67. The lowest BCUT2D eigenvalue weighted by Gasteiger charge is -2.02. The quantitative estimate of drug-likeness (QED) is 0.789. The summed E-state index contributed by atoms with van der Waals surface area (Å²) in [4.78, 5) is 11.8. The van der Waals surface area contributed by atoms with Gasteiger partial charge in [-0.2, -0.15) is 0 Å². The molecule has 0 fully saturated rings. The van der Waals surface area contributed by atoms with Gasteiger partial charge in [0.05, 0.1) is 12.3 Å². The van der Waals surface area contributed by atoms with Gasteiger partial charge in [0, 0.05) is 17.5 Å². The Kier molecular flexibility index (Phi) is 3.69. The Labute approximate surface area is 110 Å². The molecule has 0 bridgehead atoms. The molecule has 0 atom stereocenters. The van der Waals surface area contributed by atoms with Gasteiger partial charge < -0.3 is 13.8 Å². The number of carbonyl (C=O) groups excluding carboxylic acids is 1. The van der Waals surface area contributed by atoms with Crippen LogP contribution in [0, 0.1) is 20.8 Å². The van der Waals surface area contributed by atoms with Crippen LogP contribution < -0.4 is 0 Å². The molecule has 2 heterocycles. The van der Waals surface area contributed by atoms with Crippen molar-refractivity contribution in [2.45, 2.75) is 34.1 Å². The van der Waals surface area contributed by atoms with E-state index < -0.39 is 5.97 Å². The molecule has 0 saturated carbocycles. The summed E-state index contributed by atoms with van der Waals surface area (Å²) in [5.74, 6) is 0.858. The maximum atomic E-state index is 11.8. The van der Waals surface area contributed by atoms with Crippen LogP contribution >= 0.6 is 0 Å². The summed E-state index contributed by atoms with van der Waals surface area (Å²) in [7, 11) is 0. The third-order valence-electron chi connectivity index (χ3n) is 2.99. The van der Waals surface area contributed by atoms with E-state index >= 15 is 0 Å². The number of esters is 1. The van der Waals surface area contributed by atoms with Crippen LogP contribution in [0.1, 0.15) is 45.8 Å². The van der Waals surface area contributed by atoms with Crippen LogP contribution in [0.25, 0.3) is 0 Å². The van der Waals surface area contributed by atoms with Gasteiger partial charge in [-0.25, -0.2) is 4.79 Å². The molecule has 0 radical (unpaired) electrons. The molecule has 0 amide bonds. The molecule has 0 N–H and O–H groups in total. The van der Waals surface area contributed by atoms with E-state index in [1.165, 1.54) is 0 Å². The average Bonchev–Trinajstić information content (AvgIpc) is 2.88. The van der Waals surface area contributed by atoms with Crippen molar-refractivity contribution < 1.29 is 18.6 Å². The first-order chi connectivity index (χ1) is 9.04. The summed E-state index contributed by atoms with van der Waals surface area (Å²) in [6.07, 6.45) is 0.491. The van der Waals surface area contributed by atoms with Crippen molar-refractivity contribution >= 4 is 5.97 Å². The van der Waals surface area contributed by atoms with Crippen molar-refractivity contribution in [3.63, 3.8) is 0 Å². The van der Waals surface area contributed by atoms with Gasteiger partial charge in [0.1, 0.15) is 11.5 Å². The fourth-order valence-corrected chi connectivity index (χ4v) is 1.89. The Morgan fingerprint density at radius 3 is 2.32 bits per heavy atom. The van der Waals surface area contributed by atoms with Gasteiger partial charge in [0.2, 0.25) is 0 Å². The molecule has 19 heavy (non-hydrogen) atoms. The van der Waals surface area contributed by atoms with Crippen molar-refractivity contribution in [1.29, 1.82) is 0 Å². The maximum absolute atomic E-state index is 11.8. The van der Waals surface area contributed by atoms with Gasteiger partial charge >= 0.3 is 5.97 Å². The Balaban J connectivity index is 2.35. The van der Waals surface area contributed by atoms with Crippen LogP contribution in [-0.4, -0.2) is 22.9 Å². The lowest BCUT2D eigenvalue weighted by molar-refractivity contribution is 0.0513.